The Hall–Kier alpha value is 0.270. The molecule has 0 aliphatic heterocycles. The van der Waals surface area contributed by atoms with E-state index >= 15 is 0 Å². The van der Waals surface area contributed by atoms with Crippen LogP contribution in [0.15, 0.2) is 0 Å². The Balaban J connectivity index is 1.87. The summed E-state index contributed by atoms with van der Waals surface area (Å²) >= 11 is 1.90. The second kappa shape index (κ2) is 7.53. The van der Waals surface area contributed by atoms with Crippen LogP contribution in [0.25, 0.3) is 0 Å². The Morgan fingerprint density at radius 3 is 2.73 bits per heavy atom. The molecule has 15 heavy (non-hydrogen) atoms. The van der Waals surface area contributed by atoms with E-state index in [9.17, 15) is 0 Å². The van der Waals surface area contributed by atoms with Gasteiger partial charge in [0.15, 0.2) is 0 Å². The average molecular weight is 231 g/mol. The molecule has 1 aliphatic carbocycles. The molecule has 0 aromatic rings. The highest BCUT2D eigenvalue weighted by molar-refractivity contribution is 7.98. The molecule has 1 N–H and O–H groups in total. The van der Waals surface area contributed by atoms with E-state index in [0.717, 1.165) is 25.1 Å². The van der Waals surface area contributed by atoms with E-state index in [4.69, 9.17) is 4.74 Å². The van der Waals surface area contributed by atoms with Crippen LogP contribution in [0.2, 0.25) is 0 Å². The maximum atomic E-state index is 5.76. The van der Waals surface area contributed by atoms with Gasteiger partial charge in [-0.15, -0.1) is 0 Å². The Labute approximate surface area is 98.5 Å². The first-order chi connectivity index (χ1) is 7.22. The minimum atomic E-state index is 0.538. The van der Waals surface area contributed by atoms with Crippen LogP contribution in [0.1, 0.15) is 33.1 Å². The Morgan fingerprint density at radius 1 is 1.40 bits per heavy atom. The molecule has 0 bridgehead atoms. The van der Waals surface area contributed by atoms with E-state index in [1.807, 2.05) is 11.8 Å². The summed E-state index contributed by atoms with van der Waals surface area (Å²) in [4.78, 5) is 0. The van der Waals surface area contributed by atoms with Crippen LogP contribution in [0.4, 0.5) is 0 Å². The van der Waals surface area contributed by atoms with Crippen molar-refractivity contribution in [2.45, 2.75) is 45.3 Å². The largest absolute Gasteiger partial charge is 0.378 e. The lowest BCUT2D eigenvalue weighted by atomic mass is 9.89. The molecule has 0 aromatic carbocycles. The minimum absolute atomic E-state index is 0.538. The van der Waals surface area contributed by atoms with Crippen molar-refractivity contribution in [3.05, 3.63) is 0 Å². The van der Waals surface area contributed by atoms with Crippen molar-refractivity contribution in [3.8, 4) is 0 Å². The van der Waals surface area contributed by atoms with E-state index in [-0.39, 0.29) is 0 Å². The lowest BCUT2D eigenvalue weighted by Crippen LogP contribution is -2.46. The lowest BCUT2D eigenvalue weighted by Gasteiger charge is -2.36. The molecule has 0 saturated heterocycles. The molecule has 0 aromatic heterocycles. The summed E-state index contributed by atoms with van der Waals surface area (Å²) in [6.45, 7) is 6.59. The molecule has 1 aliphatic rings. The topological polar surface area (TPSA) is 21.3 Å². The van der Waals surface area contributed by atoms with Crippen LogP contribution in [-0.4, -0.2) is 37.3 Å². The van der Waals surface area contributed by atoms with Gasteiger partial charge in [-0.25, -0.2) is 0 Å². The number of hydrogen-bond donors (Lipinski definition) is 1. The van der Waals surface area contributed by atoms with E-state index in [2.05, 4.69) is 25.4 Å². The van der Waals surface area contributed by atoms with Crippen LogP contribution in [-0.2, 0) is 4.74 Å². The first kappa shape index (κ1) is 13.3. The van der Waals surface area contributed by atoms with Gasteiger partial charge in [0.25, 0.3) is 0 Å². The standard InChI is InChI=1S/C12H25NOS/c1-10(2)9-13-11-7-12(8-11)14-5-4-6-15-3/h10-13H,4-9H2,1-3H3. The monoisotopic (exact) mass is 231 g/mol. The van der Waals surface area contributed by atoms with Gasteiger partial charge in [-0.05, 0) is 43.7 Å². The predicted octanol–water partition coefficient (Wildman–Crippen LogP) is 2.53. The van der Waals surface area contributed by atoms with Gasteiger partial charge < -0.3 is 10.1 Å². The Bertz CT molecular complexity index is 158. The van der Waals surface area contributed by atoms with Gasteiger partial charge in [-0.2, -0.15) is 11.8 Å². The van der Waals surface area contributed by atoms with E-state index in [0.29, 0.717) is 6.10 Å². The smallest absolute Gasteiger partial charge is 0.0604 e. The molecular weight excluding hydrogens is 206 g/mol. The number of rotatable bonds is 8. The fourth-order valence-corrected chi connectivity index (χ4v) is 2.13. The van der Waals surface area contributed by atoms with Crippen molar-refractivity contribution in [1.29, 1.82) is 0 Å². The summed E-state index contributed by atoms with van der Waals surface area (Å²) < 4.78 is 5.76. The predicted molar refractivity (Wildman–Crippen MR) is 68.6 cm³/mol. The van der Waals surface area contributed by atoms with Crippen molar-refractivity contribution in [2.24, 2.45) is 5.92 Å². The first-order valence-corrected chi connectivity index (χ1v) is 7.45. The molecule has 0 unspecified atom stereocenters. The molecule has 0 amide bonds. The van der Waals surface area contributed by atoms with Gasteiger partial charge in [-0.1, -0.05) is 13.8 Å². The summed E-state index contributed by atoms with van der Waals surface area (Å²) in [5.74, 6) is 1.98. The molecule has 1 fully saturated rings. The van der Waals surface area contributed by atoms with E-state index < -0.39 is 0 Å². The molecule has 1 rings (SSSR count). The van der Waals surface area contributed by atoms with Crippen LogP contribution >= 0.6 is 11.8 Å². The van der Waals surface area contributed by atoms with Crippen molar-refractivity contribution >= 4 is 11.8 Å². The Morgan fingerprint density at radius 2 is 2.13 bits per heavy atom. The summed E-state index contributed by atoms with van der Waals surface area (Å²) in [6, 6.07) is 0.720. The van der Waals surface area contributed by atoms with Gasteiger partial charge in [0.1, 0.15) is 0 Å². The van der Waals surface area contributed by atoms with E-state index in [1.165, 1.54) is 25.0 Å². The number of ether oxygens (including phenoxy) is 1. The fraction of sp³-hybridized carbons (Fsp3) is 1.00. The highest BCUT2D eigenvalue weighted by Gasteiger charge is 2.29. The number of hydrogen-bond acceptors (Lipinski definition) is 3. The zero-order valence-electron chi connectivity index (χ0n) is 10.3. The molecule has 2 nitrogen and oxygen atoms in total. The maximum Gasteiger partial charge on any atom is 0.0604 e. The second-order valence-electron chi connectivity index (χ2n) is 4.81. The van der Waals surface area contributed by atoms with Crippen LogP contribution in [0.5, 0.6) is 0 Å². The highest BCUT2D eigenvalue weighted by atomic mass is 32.2. The quantitative estimate of drug-likeness (QED) is 0.649. The van der Waals surface area contributed by atoms with Crippen LogP contribution < -0.4 is 5.32 Å². The fourth-order valence-electron chi connectivity index (χ4n) is 1.72. The first-order valence-electron chi connectivity index (χ1n) is 6.06. The maximum absolute atomic E-state index is 5.76. The minimum Gasteiger partial charge on any atom is -0.378 e. The van der Waals surface area contributed by atoms with Gasteiger partial charge in [0.2, 0.25) is 0 Å². The zero-order chi connectivity index (χ0) is 11.1. The van der Waals surface area contributed by atoms with E-state index in [1.54, 1.807) is 0 Å². The van der Waals surface area contributed by atoms with Crippen molar-refractivity contribution in [3.63, 3.8) is 0 Å². The SMILES string of the molecule is CSCCCOC1CC(NCC(C)C)C1. The van der Waals surface area contributed by atoms with Crippen LogP contribution in [0, 0.1) is 5.92 Å². The Kier molecular flexibility index (Phi) is 6.69. The summed E-state index contributed by atoms with van der Waals surface area (Å²) in [7, 11) is 0. The molecule has 0 atom stereocenters. The third-order valence-corrected chi connectivity index (χ3v) is 3.45. The van der Waals surface area contributed by atoms with Crippen LogP contribution in [0.3, 0.4) is 0 Å². The molecule has 0 radical (unpaired) electrons. The third kappa shape index (κ3) is 5.79. The lowest BCUT2D eigenvalue weighted by molar-refractivity contribution is -0.0161. The molecule has 0 heterocycles. The summed E-state index contributed by atoms with van der Waals surface area (Å²) in [5, 5.41) is 3.57. The molecule has 90 valence electrons. The van der Waals surface area contributed by atoms with Crippen molar-refractivity contribution in [1.82, 2.24) is 5.32 Å². The molecular formula is C12H25NOS. The summed E-state index contributed by atoms with van der Waals surface area (Å²) in [5.41, 5.74) is 0. The van der Waals surface area contributed by atoms with Crippen molar-refractivity contribution < 1.29 is 4.74 Å². The van der Waals surface area contributed by atoms with Crippen molar-refractivity contribution in [2.75, 3.05) is 25.2 Å². The molecule has 0 spiro atoms. The summed E-state index contributed by atoms with van der Waals surface area (Å²) in [6.07, 6.45) is 6.31. The number of nitrogens with one attached hydrogen (secondary N) is 1. The van der Waals surface area contributed by atoms with Gasteiger partial charge in [0, 0.05) is 12.6 Å². The van der Waals surface area contributed by atoms with Gasteiger partial charge in [-0.3, -0.25) is 0 Å². The third-order valence-electron chi connectivity index (χ3n) is 2.76. The highest BCUT2D eigenvalue weighted by Crippen LogP contribution is 2.23. The van der Waals surface area contributed by atoms with Gasteiger partial charge >= 0.3 is 0 Å². The zero-order valence-corrected chi connectivity index (χ0v) is 11.1. The average Bonchev–Trinajstić information content (AvgIpc) is 2.13. The molecule has 1 saturated carbocycles. The number of thioether (sulfide) groups is 1. The van der Waals surface area contributed by atoms with Gasteiger partial charge in [0.05, 0.1) is 6.10 Å². The second-order valence-corrected chi connectivity index (χ2v) is 5.80. The molecule has 3 heteroatoms. The normalized spacial score (nSPS) is 25.6.